The van der Waals surface area contributed by atoms with E-state index < -0.39 is 0 Å². The summed E-state index contributed by atoms with van der Waals surface area (Å²) in [6.45, 7) is 4.23. The smallest absolute Gasteiger partial charge is 0.0223 e. The summed E-state index contributed by atoms with van der Waals surface area (Å²) in [4.78, 5) is 5.15. The fraction of sp³-hybridized carbons (Fsp3) is 0.833. The van der Waals surface area contributed by atoms with Crippen LogP contribution in [-0.4, -0.2) is 55.1 Å². The number of likely N-dealkylation sites (N-methyl/N-ethyl adjacent to an activating group) is 1. The van der Waals surface area contributed by atoms with Gasteiger partial charge in [-0.3, -0.25) is 9.80 Å². The van der Waals surface area contributed by atoms with E-state index in [9.17, 15) is 0 Å². The highest BCUT2D eigenvalue weighted by molar-refractivity contribution is 4.93. The number of fused-ring (bicyclic) bond motifs is 2. The molecule has 2 bridgehead atoms. The highest BCUT2D eigenvalue weighted by Gasteiger charge is 2.33. The molecule has 0 aliphatic carbocycles. The van der Waals surface area contributed by atoms with Crippen molar-refractivity contribution in [1.82, 2.24) is 9.80 Å². The minimum absolute atomic E-state index is 0.666. The van der Waals surface area contributed by atoms with Crippen molar-refractivity contribution in [2.75, 3.05) is 33.2 Å². The molecule has 3 nitrogen and oxygen atoms in total. The van der Waals surface area contributed by atoms with Gasteiger partial charge in [0.1, 0.15) is 0 Å². The molecule has 2 fully saturated rings. The highest BCUT2D eigenvalue weighted by Crippen LogP contribution is 2.28. The van der Waals surface area contributed by atoms with Gasteiger partial charge in [0, 0.05) is 38.3 Å². The molecule has 86 valence electrons. The summed E-state index contributed by atoms with van der Waals surface area (Å²) in [5, 5.41) is 0. The lowest BCUT2D eigenvalue weighted by Crippen LogP contribution is -2.36. The molecule has 2 N–H and O–H groups in total. The van der Waals surface area contributed by atoms with Crippen molar-refractivity contribution in [3.8, 4) is 0 Å². The first-order chi connectivity index (χ1) is 7.31. The number of nitrogens with two attached hydrogens (primary N) is 1. The van der Waals surface area contributed by atoms with E-state index in [0.29, 0.717) is 6.54 Å². The van der Waals surface area contributed by atoms with Crippen LogP contribution in [0.25, 0.3) is 0 Å². The van der Waals surface area contributed by atoms with Crippen molar-refractivity contribution in [3.63, 3.8) is 0 Å². The molecule has 0 spiro atoms. The molecule has 0 radical (unpaired) electrons. The molecule has 2 rings (SSSR count). The van der Waals surface area contributed by atoms with Gasteiger partial charge in [-0.2, -0.15) is 0 Å². The topological polar surface area (TPSA) is 32.5 Å². The van der Waals surface area contributed by atoms with Gasteiger partial charge in [-0.15, -0.1) is 0 Å². The minimum atomic E-state index is 0.666. The summed E-state index contributed by atoms with van der Waals surface area (Å²) in [5.74, 6) is 0. The Morgan fingerprint density at radius 2 is 2.00 bits per heavy atom. The van der Waals surface area contributed by atoms with Crippen LogP contribution in [0.1, 0.15) is 19.3 Å². The summed E-state index contributed by atoms with van der Waals surface area (Å²) in [5.41, 5.74) is 5.44. The first kappa shape index (κ1) is 11.1. The summed E-state index contributed by atoms with van der Waals surface area (Å²) in [7, 11) is 2.29. The van der Waals surface area contributed by atoms with Crippen molar-refractivity contribution in [2.45, 2.75) is 31.3 Å². The van der Waals surface area contributed by atoms with Gasteiger partial charge in [-0.25, -0.2) is 0 Å². The van der Waals surface area contributed by atoms with Gasteiger partial charge in [-0.05, 0) is 26.3 Å². The second-order valence-electron chi connectivity index (χ2n) is 4.81. The summed E-state index contributed by atoms with van der Waals surface area (Å²) < 4.78 is 0. The van der Waals surface area contributed by atoms with Crippen LogP contribution in [0.15, 0.2) is 12.2 Å². The van der Waals surface area contributed by atoms with Gasteiger partial charge in [0.25, 0.3) is 0 Å². The molecule has 0 aromatic carbocycles. The van der Waals surface area contributed by atoms with Crippen LogP contribution in [0.3, 0.4) is 0 Å². The van der Waals surface area contributed by atoms with Crippen molar-refractivity contribution in [2.24, 2.45) is 5.73 Å². The molecule has 15 heavy (non-hydrogen) atoms. The molecule has 2 aliphatic rings. The molecule has 2 atom stereocenters. The number of hydrogen-bond donors (Lipinski definition) is 1. The molecule has 3 heteroatoms. The number of nitrogens with zero attached hydrogens (tertiary/aromatic N) is 2. The van der Waals surface area contributed by atoms with Crippen molar-refractivity contribution in [1.29, 1.82) is 0 Å². The maximum Gasteiger partial charge on any atom is 0.0223 e. The number of hydrogen-bond acceptors (Lipinski definition) is 3. The van der Waals surface area contributed by atoms with E-state index in [2.05, 4.69) is 29.0 Å². The fourth-order valence-corrected chi connectivity index (χ4v) is 2.86. The van der Waals surface area contributed by atoms with E-state index in [0.717, 1.165) is 18.6 Å². The lowest BCUT2D eigenvalue weighted by Gasteiger charge is -2.24. The van der Waals surface area contributed by atoms with E-state index in [1.807, 2.05) is 0 Å². The zero-order valence-electron chi connectivity index (χ0n) is 9.73. The van der Waals surface area contributed by atoms with Gasteiger partial charge in [-0.1, -0.05) is 12.2 Å². The monoisotopic (exact) mass is 209 g/mol. The zero-order valence-corrected chi connectivity index (χ0v) is 9.73. The van der Waals surface area contributed by atoms with Crippen LogP contribution in [0, 0.1) is 0 Å². The molecule has 0 saturated carbocycles. The summed E-state index contributed by atoms with van der Waals surface area (Å²) >= 11 is 0. The standard InChI is InChI=1S/C12H23N3/c1-14-11-4-5-12(14)10-15(9-6-11)8-3-2-7-13/h2-3,11-12H,4-10,13H2,1H3. The first-order valence-electron chi connectivity index (χ1n) is 6.10. The van der Waals surface area contributed by atoms with Gasteiger partial charge >= 0.3 is 0 Å². The predicted octanol–water partition coefficient (Wildman–Crippen LogP) is 0.670. The number of rotatable bonds is 3. The Morgan fingerprint density at radius 1 is 1.20 bits per heavy atom. The Bertz CT molecular complexity index is 227. The molecule has 2 saturated heterocycles. The molecule has 0 amide bonds. The van der Waals surface area contributed by atoms with Crippen molar-refractivity contribution < 1.29 is 0 Å². The van der Waals surface area contributed by atoms with Crippen molar-refractivity contribution in [3.05, 3.63) is 12.2 Å². The molecular weight excluding hydrogens is 186 g/mol. The van der Waals surface area contributed by atoms with Crippen LogP contribution >= 0.6 is 0 Å². The average Bonchev–Trinajstić information content (AvgIpc) is 2.46. The Morgan fingerprint density at radius 3 is 2.80 bits per heavy atom. The molecule has 0 aromatic heterocycles. The molecule has 2 unspecified atom stereocenters. The maximum absolute atomic E-state index is 5.44. The van der Waals surface area contributed by atoms with Crippen molar-refractivity contribution >= 4 is 0 Å². The fourth-order valence-electron chi connectivity index (χ4n) is 2.86. The Labute approximate surface area is 92.9 Å². The lowest BCUT2D eigenvalue weighted by atomic mass is 10.1. The van der Waals surface area contributed by atoms with Gasteiger partial charge < -0.3 is 5.73 Å². The molecular formula is C12H23N3. The zero-order chi connectivity index (χ0) is 10.7. The molecule has 2 heterocycles. The third-order valence-electron chi connectivity index (χ3n) is 3.90. The van der Waals surface area contributed by atoms with Crippen LogP contribution in [0.2, 0.25) is 0 Å². The van der Waals surface area contributed by atoms with E-state index in [1.165, 1.54) is 32.4 Å². The van der Waals surface area contributed by atoms with Gasteiger partial charge in [0.05, 0.1) is 0 Å². The van der Waals surface area contributed by atoms with Gasteiger partial charge in [0.2, 0.25) is 0 Å². The normalized spacial score (nSPS) is 33.7. The Hall–Kier alpha value is -0.380. The summed E-state index contributed by atoms with van der Waals surface area (Å²) in [6, 6.07) is 1.64. The summed E-state index contributed by atoms with van der Waals surface area (Å²) in [6.07, 6.45) is 8.40. The Kier molecular flexibility index (Phi) is 3.78. The minimum Gasteiger partial charge on any atom is -0.327 e. The van der Waals surface area contributed by atoms with Crippen LogP contribution in [-0.2, 0) is 0 Å². The third kappa shape index (κ3) is 2.60. The highest BCUT2D eigenvalue weighted by atomic mass is 15.3. The largest absolute Gasteiger partial charge is 0.327 e. The predicted molar refractivity (Wildman–Crippen MR) is 63.8 cm³/mol. The maximum atomic E-state index is 5.44. The van der Waals surface area contributed by atoms with E-state index in [1.54, 1.807) is 0 Å². The quantitative estimate of drug-likeness (QED) is 0.693. The van der Waals surface area contributed by atoms with E-state index in [4.69, 9.17) is 5.73 Å². The molecule has 2 aliphatic heterocycles. The molecule has 0 aromatic rings. The van der Waals surface area contributed by atoms with Crippen LogP contribution in [0.4, 0.5) is 0 Å². The second-order valence-corrected chi connectivity index (χ2v) is 4.81. The lowest BCUT2D eigenvalue weighted by molar-refractivity contribution is 0.228. The SMILES string of the molecule is CN1C2CCC1CN(CC=CCN)CC2. The van der Waals surface area contributed by atoms with Gasteiger partial charge in [0.15, 0.2) is 0 Å². The first-order valence-corrected chi connectivity index (χ1v) is 6.10. The average molecular weight is 209 g/mol. The van der Waals surface area contributed by atoms with E-state index >= 15 is 0 Å². The Balaban J connectivity index is 1.86. The van der Waals surface area contributed by atoms with Crippen LogP contribution in [0.5, 0.6) is 0 Å². The third-order valence-corrected chi connectivity index (χ3v) is 3.90. The van der Waals surface area contributed by atoms with E-state index in [-0.39, 0.29) is 0 Å². The second kappa shape index (κ2) is 5.10. The van der Waals surface area contributed by atoms with Crippen LogP contribution < -0.4 is 5.73 Å². The number of likely N-dealkylation sites (tertiary alicyclic amines) is 1.